The summed E-state index contributed by atoms with van der Waals surface area (Å²) in [6.45, 7) is 0.741. The van der Waals surface area contributed by atoms with Crippen molar-refractivity contribution in [1.29, 1.82) is 0 Å². The van der Waals surface area contributed by atoms with Gasteiger partial charge in [-0.1, -0.05) is 59.6 Å². The molecule has 1 amide bonds. The molecule has 1 N–H and O–H groups in total. The van der Waals surface area contributed by atoms with Crippen LogP contribution in [0, 0.1) is 5.82 Å². The van der Waals surface area contributed by atoms with Crippen LogP contribution in [0.5, 0.6) is 0 Å². The van der Waals surface area contributed by atoms with Crippen molar-refractivity contribution < 1.29 is 9.18 Å². The van der Waals surface area contributed by atoms with E-state index in [1.54, 1.807) is 30.3 Å². The Kier molecular flexibility index (Phi) is 5.56. The average Bonchev–Trinajstić information content (AvgIpc) is 3.07. The van der Waals surface area contributed by atoms with Crippen LogP contribution in [-0.4, -0.2) is 10.5 Å². The Morgan fingerprint density at radius 3 is 2.48 bits per heavy atom. The molecule has 0 aliphatic rings. The van der Waals surface area contributed by atoms with Gasteiger partial charge in [0, 0.05) is 34.0 Å². The number of amides is 1. The Labute approximate surface area is 177 Å². The summed E-state index contributed by atoms with van der Waals surface area (Å²) in [4.78, 5) is 13.0. The van der Waals surface area contributed by atoms with Crippen LogP contribution in [0.15, 0.2) is 72.8 Å². The summed E-state index contributed by atoms with van der Waals surface area (Å²) >= 11 is 12.1. The SMILES string of the molecule is O=C(NCc1ccc(Cl)cc1Cl)c1cc2ccccc2n1Cc1ccc(F)cc1. The molecule has 0 saturated carbocycles. The molecule has 0 unspecified atom stereocenters. The van der Waals surface area contributed by atoms with Gasteiger partial charge in [-0.3, -0.25) is 4.79 Å². The van der Waals surface area contributed by atoms with Crippen LogP contribution in [-0.2, 0) is 13.1 Å². The smallest absolute Gasteiger partial charge is 0.268 e. The molecule has 6 heteroatoms. The number of nitrogens with zero attached hydrogens (tertiary/aromatic N) is 1. The van der Waals surface area contributed by atoms with E-state index < -0.39 is 0 Å². The molecule has 4 aromatic rings. The van der Waals surface area contributed by atoms with Crippen LogP contribution in [0.3, 0.4) is 0 Å². The van der Waals surface area contributed by atoms with Crippen molar-refractivity contribution in [3.63, 3.8) is 0 Å². The van der Waals surface area contributed by atoms with E-state index in [9.17, 15) is 9.18 Å². The van der Waals surface area contributed by atoms with E-state index >= 15 is 0 Å². The molecule has 0 fully saturated rings. The minimum Gasteiger partial charge on any atom is -0.347 e. The third kappa shape index (κ3) is 4.29. The van der Waals surface area contributed by atoms with Gasteiger partial charge in [0.1, 0.15) is 11.5 Å². The first-order chi connectivity index (χ1) is 14.0. The lowest BCUT2D eigenvalue weighted by atomic mass is 10.2. The van der Waals surface area contributed by atoms with Crippen molar-refractivity contribution in [3.8, 4) is 0 Å². The second kappa shape index (κ2) is 8.27. The Bertz CT molecular complexity index is 1190. The molecule has 0 aliphatic carbocycles. The molecule has 4 rings (SSSR count). The maximum Gasteiger partial charge on any atom is 0.268 e. The van der Waals surface area contributed by atoms with Crippen LogP contribution >= 0.6 is 23.2 Å². The molecule has 1 aromatic heterocycles. The molecule has 1 heterocycles. The predicted octanol–water partition coefficient (Wildman–Crippen LogP) is 6.07. The molecule has 0 spiro atoms. The number of benzene rings is 3. The van der Waals surface area contributed by atoms with Gasteiger partial charge in [0.2, 0.25) is 0 Å². The van der Waals surface area contributed by atoms with Crippen LogP contribution in [0.4, 0.5) is 4.39 Å². The highest BCUT2D eigenvalue weighted by atomic mass is 35.5. The lowest BCUT2D eigenvalue weighted by molar-refractivity contribution is 0.0942. The quantitative estimate of drug-likeness (QED) is 0.413. The normalized spacial score (nSPS) is 11.0. The van der Waals surface area contributed by atoms with Gasteiger partial charge in [-0.05, 0) is 47.5 Å². The van der Waals surface area contributed by atoms with Gasteiger partial charge in [-0.25, -0.2) is 4.39 Å². The van der Waals surface area contributed by atoms with Gasteiger partial charge in [0.05, 0.1) is 0 Å². The van der Waals surface area contributed by atoms with Crippen molar-refractivity contribution in [1.82, 2.24) is 9.88 Å². The van der Waals surface area contributed by atoms with Gasteiger partial charge in [-0.2, -0.15) is 0 Å². The number of carbonyl (C=O) groups excluding carboxylic acids is 1. The van der Waals surface area contributed by atoms with Crippen molar-refractivity contribution >= 4 is 40.0 Å². The third-order valence-corrected chi connectivity index (χ3v) is 5.34. The molecule has 3 nitrogen and oxygen atoms in total. The van der Waals surface area contributed by atoms with Gasteiger partial charge in [0.15, 0.2) is 0 Å². The summed E-state index contributed by atoms with van der Waals surface area (Å²) in [5.74, 6) is -0.502. The maximum atomic E-state index is 13.3. The van der Waals surface area contributed by atoms with Gasteiger partial charge < -0.3 is 9.88 Å². The van der Waals surface area contributed by atoms with Crippen LogP contribution in [0.25, 0.3) is 10.9 Å². The average molecular weight is 427 g/mol. The number of rotatable bonds is 5. The predicted molar refractivity (Wildman–Crippen MR) is 115 cm³/mol. The van der Waals surface area contributed by atoms with Gasteiger partial charge >= 0.3 is 0 Å². The molecule has 0 radical (unpaired) electrons. The monoisotopic (exact) mass is 426 g/mol. The Hall–Kier alpha value is -2.82. The maximum absolute atomic E-state index is 13.3. The van der Waals surface area contributed by atoms with E-state index in [2.05, 4.69) is 5.32 Å². The van der Waals surface area contributed by atoms with Crippen LogP contribution in [0.1, 0.15) is 21.6 Å². The number of fused-ring (bicyclic) bond motifs is 1. The van der Waals surface area contributed by atoms with E-state index in [4.69, 9.17) is 23.2 Å². The van der Waals surface area contributed by atoms with Crippen LogP contribution < -0.4 is 5.32 Å². The lowest BCUT2D eigenvalue weighted by Gasteiger charge is -2.12. The third-order valence-electron chi connectivity index (χ3n) is 4.75. The van der Waals surface area contributed by atoms with E-state index in [1.807, 2.05) is 34.9 Å². The fourth-order valence-electron chi connectivity index (χ4n) is 3.27. The van der Waals surface area contributed by atoms with Gasteiger partial charge in [0.25, 0.3) is 5.91 Å². The lowest BCUT2D eigenvalue weighted by Crippen LogP contribution is -2.25. The fourth-order valence-corrected chi connectivity index (χ4v) is 3.75. The number of hydrogen-bond acceptors (Lipinski definition) is 1. The summed E-state index contributed by atoms with van der Waals surface area (Å²) in [5, 5.41) is 4.94. The molecule has 3 aromatic carbocycles. The zero-order valence-corrected chi connectivity index (χ0v) is 16.8. The number of para-hydroxylation sites is 1. The van der Waals surface area contributed by atoms with E-state index in [0.29, 0.717) is 22.3 Å². The highest BCUT2D eigenvalue weighted by molar-refractivity contribution is 6.35. The molecule has 0 bridgehead atoms. The highest BCUT2D eigenvalue weighted by Gasteiger charge is 2.16. The number of halogens is 3. The number of nitrogens with one attached hydrogen (secondary N) is 1. The fraction of sp³-hybridized carbons (Fsp3) is 0.0870. The zero-order valence-electron chi connectivity index (χ0n) is 15.3. The molecule has 0 atom stereocenters. The largest absolute Gasteiger partial charge is 0.347 e. The minimum atomic E-state index is -0.288. The van der Waals surface area contributed by atoms with Crippen molar-refractivity contribution in [2.45, 2.75) is 13.1 Å². The second-order valence-electron chi connectivity index (χ2n) is 6.72. The first-order valence-corrected chi connectivity index (χ1v) is 9.82. The molecular weight excluding hydrogens is 410 g/mol. The summed E-state index contributed by atoms with van der Waals surface area (Å²) in [7, 11) is 0. The molecular formula is C23H17Cl2FN2O. The van der Waals surface area contributed by atoms with E-state index in [1.165, 1.54) is 12.1 Å². The van der Waals surface area contributed by atoms with E-state index in [0.717, 1.165) is 22.0 Å². The first-order valence-electron chi connectivity index (χ1n) is 9.06. The molecule has 0 saturated heterocycles. The van der Waals surface area contributed by atoms with Crippen LogP contribution in [0.2, 0.25) is 10.0 Å². The first kappa shape index (κ1) is 19.5. The molecule has 146 valence electrons. The summed E-state index contributed by atoms with van der Waals surface area (Å²) < 4.78 is 15.2. The summed E-state index contributed by atoms with van der Waals surface area (Å²) in [6.07, 6.45) is 0. The number of aromatic nitrogens is 1. The zero-order chi connectivity index (χ0) is 20.4. The highest BCUT2D eigenvalue weighted by Crippen LogP contribution is 2.23. The Morgan fingerprint density at radius 2 is 1.72 bits per heavy atom. The minimum absolute atomic E-state index is 0.214. The van der Waals surface area contributed by atoms with Crippen molar-refractivity contribution in [2.24, 2.45) is 0 Å². The van der Waals surface area contributed by atoms with E-state index in [-0.39, 0.29) is 18.3 Å². The number of carbonyl (C=O) groups is 1. The standard InChI is InChI=1S/C23H17Cl2FN2O/c24-18-8-7-17(20(25)12-18)13-27-23(29)22-11-16-3-1-2-4-21(16)28(22)14-15-5-9-19(26)10-6-15/h1-12H,13-14H2,(H,27,29). The topological polar surface area (TPSA) is 34.0 Å². The summed E-state index contributed by atoms with van der Waals surface area (Å²) in [5.41, 5.74) is 3.15. The van der Waals surface area contributed by atoms with Gasteiger partial charge in [-0.15, -0.1) is 0 Å². The number of hydrogen-bond donors (Lipinski definition) is 1. The van der Waals surface area contributed by atoms with Crippen molar-refractivity contribution in [2.75, 3.05) is 0 Å². The Balaban J connectivity index is 1.63. The second-order valence-corrected chi connectivity index (χ2v) is 7.56. The summed E-state index contributed by atoms with van der Waals surface area (Å²) in [6, 6.07) is 21.1. The molecule has 0 aliphatic heterocycles. The Morgan fingerprint density at radius 1 is 0.966 bits per heavy atom. The molecule has 29 heavy (non-hydrogen) atoms. The van der Waals surface area contributed by atoms with Crippen molar-refractivity contribution in [3.05, 3.63) is 105 Å².